The minimum Gasteiger partial charge on any atom is -0.465 e. The van der Waals surface area contributed by atoms with Crippen LogP contribution in [0, 0.1) is 13.8 Å². The van der Waals surface area contributed by atoms with Gasteiger partial charge in [-0.25, -0.2) is 14.8 Å². The van der Waals surface area contributed by atoms with Crippen LogP contribution in [0.2, 0.25) is 0 Å². The molecule has 0 radical (unpaired) electrons. The van der Waals surface area contributed by atoms with Crippen molar-refractivity contribution >= 4 is 35.3 Å². The molecule has 1 aromatic carbocycles. The van der Waals surface area contributed by atoms with E-state index in [4.69, 9.17) is 4.74 Å². The van der Waals surface area contributed by atoms with Crippen molar-refractivity contribution in [3.05, 3.63) is 46.8 Å². The van der Waals surface area contributed by atoms with Gasteiger partial charge in [-0.2, -0.15) is 0 Å². The summed E-state index contributed by atoms with van der Waals surface area (Å²) in [4.78, 5) is 44.1. The first-order valence-corrected chi connectivity index (χ1v) is 10.1. The highest BCUT2D eigenvalue weighted by atomic mass is 32.2. The zero-order valence-corrected chi connectivity index (χ0v) is 17.6. The number of aromatic nitrogens is 2. The summed E-state index contributed by atoms with van der Waals surface area (Å²) in [6.45, 7) is 3.37. The third-order valence-corrected chi connectivity index (χ3v) is 4.66. The molecule has 0 aliphatic heterocycles. The van der Waals surface area contributed by atoms with E-state index >= 15 is 0 Å². The SMILES string of the molecule is COC(=O)c1ccc(NC(=O)COC(=O)CCc2c(C)nc(SC)nc2C)cc1. The Kier molecular flexibility index (Phi) is 8.14. The predicted molar refractivity (Wildman–Crippen MR) is 109 cm³/mol. The Balaban J connectivity index is 1.80. The molecule has 8 nitrogen and oxygen atoms in total. The van der Waals surface area contributed by atoms with Crippen molar-refractivity contribution in [2.75, 3.05) is 25.3 Å². The molecule has 154 valence electrons. The van der Waals surface area contributed by atoms with E-state index in [0.29, 0.717) is 22.8 Å². The van der Waals surface area contributed by atoms with Crippen LogP contribution in [0.1, 0.15) is 33.7 Å². The maximum atomic E-state index is 12.0. The standard InChI is InChI=1S/C20H23N3O5S/c1-12-16(13(2)22-20(21-12)29-4)9-10-18(25)28-11-17(24)23-15-7-5-14(6-8-15)19(26)27-3/h5-8H,9-11H2,1-4H3,(H,23,24). The van der Waals surface area contributed by atoms with Gasteiger partial charge in [0, 0.05) is 23.5 Å². The van der Waals surface area contributed by atoms with E-state index in [1.807, 2.05) is 20.1 Å². The molecule has 1 amide bonds. The van der Waals surface area contributed by atoms with Crippen LogP contribution in [0.25, 0.3) is 0 Å². The Labute approximate surface area is 173 Å². The first kappa shape index (κ1) is 22.4. The van der Waals surface area contributed by atoms with Gasteiger partial charge in [0.2, 0.25) is 0 Å². The topological polar surface area (TPSA) is 107 Å². The third kappa shape index (κ3) is 6.56. The molecular weight excluding hydrogens is 394 g/mol. The van der Waals surface area contributed by atoms with E-state index in [-0.39, 0.29) is 6.42 Å². The number of amides is 1. The molecule has 0 unspecified atom stereocenters. The molecule has 0 saturated heterocycles. The van der Waals surface area contributed by atoms with Crippen LogP contribution in [0.3, 0.4) is 0 Å². The number of carbonyl (C=O) groups is 3. The number of carbonyl (C=O) groups excluding carboxylic acids is 3. The fourth-order valence-electron chi connectivity index (χ4n) is 2.61. The Morgan fingerprint density at radius 3 is 2.24 bits per heavy atom. The number of rotatable bonds is 8. The van der Waals surface area contributed by atoms with Gasteiger partial charge >= 0.3 is 11.9 Å². The maximum Gasteiger partial charge on any atom is 0.337 e. The van der Waals surface area contributed by atoms with Crippen LogP contribution in [0.15, 0.2) is 29.4 Å². The number of nitrogens with zero attached hydrogens (tertiary/aromatic N) is 2. The quantitative estimate of drug-likeness (QED) is 0.397. The predicted octanol–water partition coefficient (Wildman–Crippen LogP) is 2.72. The average Bonchev–Trinajstić information content (AvgIpc) is 2.71. The number of hydrogen-bond donors (Lipinski definition) is 1. The lowest BCUT2D eigenvalue weighted by Crippen LogP contribution is -2.21. The molecule has 0 fully saturated rings. The number of nitrogens with one attached hydrogen (secondary N) is 1. The highest BCUT2D eigenvalue weighted by molar-refractivity contribution is 7.98. The van der Waals surface area contributed by atoms with Gasteiger partial charge in [0.1, 0.15) is 0 Å². The summed E-state index contributed by atoms with van der Waals surface area (Å²) in [5.74, 6) is -1.41. The molecule has 2 rings (SSSR count). The second-order valence-electron chi connectivity index (χ2n) is 6.14. The van der Waals surface area contributed by atoms with Crippen molar-refractivity contribution < 1.29 is 23.9 Å². The van der Waals surface area contributed by atoms with E-state index in [1.165, 1.54) is 31.0 Å². The van der Waals surface area contributed by atoms with Crippen LogP contribution in [0.4, 0.5) is 5.69 Å². The fourth-order valence-corrected chi connectivity index (χ4v) is 3.07. The van der Waals surface area contributed by atoms with E-state index in [1.54, 1.807) is 12.1 Å². The van der Waals surface area contributed by atoms with E-state index in [2.05, 4.69) is 20.0 Å². The summed E-state index contributed by atoms with van der Waals surface area (Å²) >= 11 is 1.46. The first-order valence-electron chi connectivity index (χ1n) is 8.86. The average molecular weight is 417 g/mol. The highest BCUT2D eigenvalue weighted by Gasteiger charge is 2.13. The lowest BCUT2D eigenvalue weighted by molar-refractivity contribution is -0.147. The zero-order chi connectivity index (χ0) is 21.4. The van der Waals surface area contributed by atoms with E-state index in [9.17, 15) is 14.4 Å². The zero-order valence-electron chi connectivity index (χ0n) is 16.8. The summed E-state index contributed by atoms with van der Waals surface area (Å²) in [7, 11) is 1.29. The molecule has 1 aromatic heterocycles. The molecule has 0 atom stereocenters. The fraction of sp³-hybridized carbons (Fsp3) is 0.350. The number of hydrogen-bond acceptors (Lipinski definition) is 8. The maximum absolute atomic E-state index is 12.0. The number of benzene rings is 1. The van der Waals surface area contributed by atoms with E-state index < -0.39 is 24.5 Å². The Morgan fingerprint density at radius 2 is 1.69 bits per heavy atom. The number of methoxy groups -OCH3 is 1. The molecule has 9 heteroatoms. The number of esters is 2. The van der Waals surface area contributed by atoms with Crippen LogP contribution in [-0.4, -0.2) is 47.8 Å². The van der Waals surface area contributed by atoms with Gasteiger partial charge in [-0.05, 0) is 56.4 Å². The first-order chi connectivity index (χ1) is 13.8. The molecule has 0 saturated carbocycles. The van der Waals surface area contributed by atoms with Gasteiger partial charge in [-0.3, -0.25) is 9.59 Å². The van der Waals surface area contributed by atoms with Crippen molar-refractivity contribution in [1.29, 1.82) is 0 Å². The summed E-state index contributed by atoms with van der Waals surface area (Å²) < 4.78 is 9.64. The molecular formula is C20H23N3O5S. The summed E-state index contributed by atoms with van der Waals surface area (Å²) in [6.07, 6.45) is 2.48. The minimum absolute atomic E-state index is 0.130. The monoisotopic (exact) mass is 417 g/mol. The van der Waals surface area contributed by atoms with Crippen molar-refractivity contribution in [2.45, 2.75) is 31.8 Å². The summed E-state index contributed by atoms with van der Waals surface area (Å²) in [5, 5.41) is 3.29. The highest BCUT2D eigenvalue weighted by Crippen LogP contribution is 2.17. The molecule has 1 N–H and O–H groups in total. The smallest absolute Gasteiger partial charge is 0.337 e. The molecule has 0 aliphatic carbocycles. The van der Waals surface area contributed by atoms with Crippen LogP contribution in [-0.2, 0) is 25.5 Å². The Morgan fingerprint density at radius 1 is 1.07 bits per heavy atom. The number of ether oxygens (including phenoxy) is 2. The Hall–Kier alpha value is -2.94. The summed E-state index contributed by atoms with van der Waals surface area (Å²) in [6, 6.07) is 6.19. The lowest BCUT2D eigenvalue weighted by Gasteiger charge is -2.10. The Bertz CT molecular complexity index is 876. The van der Waals surface area contributed by atoms with Crippen molar-refractivity contribution in [2.24, 2.45) is 0 Å². The van der Waals surface area contributed by atoms with Crippen molar-refractivity contribution in [3.8, 4) is 0 Å². The molecule has 29 heavy (non-hydrogen) atoms. The molecule has 0 bridgehead atoms. The number of thioether (sulfide) groups is 1. The van der Waals surface area contributed by atoms with Crippen LogP contribution in [0.5, 0.6) is 0 Å². The van der Waals surface area contributed by atoms with Gasteiger partial charge in [-0.15, -0.1) is 0 Å². The molecule has 1 heterocycles. The largest absolute Gasteiger partial charge is 0.465 e. The molecule has 0 aliphatic rings. The van der Waals surface area contributed by atoms with Crippen molar-refractivity contribution in [3.63, 3.8) is 0 Å². The number of aryl methyl sites for hydroxylation is 2. The van der Waals surface area contributed by atoms with Gasteiger partial charge in [0.05, 0.1) is 12.7 Å². The third-order valence-electron chi connectivity index (χ3n) is 4.12. The van der Waals surface area contributed by atoms with Gasteiger partial charge in [0.15, 0.2) is 11.8 Å². The second kappa shape index (κ2) is 10.6. The van der Waals surface area contributed by atoms with Gasteiger partial charge in [0.25, 0.3) is 5.91 Å². The van der Waals surface area contributed by atoms with Crippen LogP contribution >= 0.6 is 11.8 Å². The summed E-state index contributed by atoms with van der Waals surface area (Å²) in [5.41, 5.74) is 3.44. The van der Waals surface area contributed by atoms with E-state index in [0.717, 1.165) is 17.0 Å². The van der Waals surface area contributed by atoms with Crippen molar-refractivity contribution in [1.82, 2.24) is 9.97 Å². The van der Waals surface area contributed by atoms with Crippen LogP contribution < -0.4 is 5.32 Å². The van der Waals surface area contributed by atoms with Gasteiger partial charge in [-0.1, -0.05) is 11.8 Å². The molecule has 0 spiro atoms. The second-order valence-corrected chi connectivity index (χ2v) is 6.91. The molecule has 2 aromatic rings. The van der Waals surface area contributed by atoms with Gasteiger partial charge < -0.3 is 14.8 Å². The normalized spacial score (nSPS) is 10.3. The minimum atomic E-state index is -0.478. The number of anilines is 1. The lowest BCUT2D eigenvalue weighted by atomic mass is 10.1.